The van der Waals surface area contributed by atoms with Crippen molar-refractivity contribution in [2.45, 2.75) is 69.5 Å². The van der Waals surface area contributed by atoms with Gasteiger partial charge in [0.2, 0.25) is 11.8 Å². The van der Waals surface area contributed by atoms with Crippen LogP contribution in [0.1, 0.15) is 47.9 Å². The predicted octanol–water partition coefficient (Wildman–Crippen LogP) is 6.96. The summed E-state index contributed by atoms with van der Waals surface area (Å²) in [5.74, 6) is -0.706. The molecule has 0 saturated heterocycles. The van der Waals surface area contributed by atoms with Crippen molar-refractivity contribution in [3.05, 3.63) is 130 Å². The maximum atomic E-state index is 14.6. The summed E-state index contributed by atoms with van der Waals surface area (Å²) in [5, 5.41) is 3.21. The molecule has 5 rings (SSSR count). The minimum atomic E-state index is -4.14. The quantitative estimate of drug-likeness (QED) is 0.173. The van der Waals surface area contributed by atoms with Gasteiger partial charge in [0, 0.05) is 23.5 Å². The zero-order valence-electron chi connectivity index (χ0n) is 26.2. The molecule has 1 fully saturated rings. The highest BCUT2D eigenvalue weighted by Gasteiger charge is 2.35. The van der Waals surface area contributed by atoms with Gasteiger partial charge in [-0.1, -0.05) is 101 Å². The molecule has 7 nitrogen and oxygen atoms in total. The first-order chi connectivity index (χ1) is 22.1. The standard InChI is InChI=1S/C37H40BrN3O4S/c1-27-18-20-34(21-19-27)46(44,45)41(33-17-8-10-28(2)22-33)26-36(42)40(25-30-13-9-14-31(38)23-30)35(24-29-11-4-3-5-12-29)37(43)39-32-15-6-7-16-32/h3-5,8-14,17-23,32,35H,6-7,15-16,24-26H2,1-2H3,(H,39,43). The number of hydrogen-bond donors (Lipinski definition) is 1. The fourth-order valence-electron chi connectivity index (χ4n) is 5.90. The van der Waals surface area contributed by atoms with Crippen LogP contribution in [-0.2, 0) is 32.6 Å². The van der Waals surface area contributed by atoms with E-state index in [0.29, 0.717) is 5.69 Å². The van der Waals surface area contributed by atoms with E-state index in [9.17, 15) is 18.0 Å². The highest BCUT2D eigenvalue weighted by atomic mass is 79.9. The highest BCUT2D eigenvalue weighted by Crippen LogP contribution is 2.27. The van der Waals surface area contributed by atoms with Crippen LogP contribution in [-0.4, -0.2) is 43.8 Å². The van der Waals surface area contributed by atoms with Gasteiger partial charge in [0.25, 0.3) is 10.0 Å². The molecule has 2 amide bonds. The van der Waals surface area contributed by atoms with Gasteiger partial charge in [-0.05, 0) is 79.8 Å². The van der Waals surface area contributed by atoms with Crippen molar-refractivity contribution < 1.29 is 18.0 Å². The van der Waals surface area contributed by atoms with Crippen molar-refractivity contribution in [3.63, 3.8) is 0 Å². The Bertz CT molecular complexity index is 1760. The lowest BCUT2D eigenvalue weighted by Crippen LogP contribution is -2.54. The van der Waals surface area contributed by atoms with Crippen molar-refractivity contribution >= 4 is 43.5 Å². The molecule has 1 aliphatic carbocycles. The van der Waals surface area contributed by atoms with E-state index in [1.807, 2.05) is 74.5 Å². The number of nitrogens with zero attached hydrogens (tertiary/aromatic N) is 2. The zero-order chi connectivity index (χ0) is 32.7. The van der Waals surface area contributed by atoms with Gasteiger partial charge < -0.3 is 10.2 Å². The minimum absolute atomic E-state index is 0.0549. The van der Waals surface area contributed by atoms with Crippen molar-refractivity contribution in [2.75, 3.05) is 10.8 Å². The molecule has 0 aromatic heterocycles. The van der Waals surface area contributed by atoms with Crippen molar-refractivity contribution in [3.8, 4) is 0 Å². The Hall–Kier alpha value is -3.95. The van der Waals surface area contributed by atoms with Crippen LogP contribution in [0.25, 0.3) is 0 Å². The lowest BCUT2D eigenvalue weighted by Gasteiger charge is -2.34. The van der Waals surface area contributed by atoms with Crippen LogP contribution in [0.2, 0.25) is 0 Å². The second-order valence-corrected chi connectivity index (χ2v) is 14.8. The number of benzene rings is 4. The summed E-state index contributed by atoms with van der Waals surface area (Å²) in [6.45, 7) is 3.42. The Balaban J connectivity index is 1.57. The molecule has 1 saturated carbocycles. The van der Waals surface area contributed by atoms with Gasteiger partial charge >= 0.3 is 0 Å². The van der Waals surface area contributed by atoms with Crippen LogP contribution in [0, 0.1) is 13.8 Å². The minimum Gasteiger partial charge on any atom is -0.352 e. The maximum Gasteiger partial charge on any atom is 0.264 e. The molecule has 0 radical (unpaired) electrons. The lowest BCUT2D eigenvalue weighted by atomic mass is 10.0. The number of nitrogens with one attached hydrogen (secondary N) is 1. The molecule has 0 aliphatic heterocycles. The summed E-state index contributed by atoms with van der Waals surface area (Å²) in [6.07, 6.45) is 4.20. The number of aryl methyl sites for hydroxylation is 2. The van der Waals surface area contributed by atoms with E-state index in [-0.39, 0.29) is 29.8 Å². The molecular weight excluding hydrogens is 662 g/mol. The third kappa shape index (κ3) is 8.44. The third-order valence-corrected chi connectivity index (χ3v) is 10.7. The van der Waals surface area contributed by atoms with Crippen molar-refractivity contribution in [1.29, 1.82) is 0 Å². The summed E-state index contributed by atoms with van der Waals surface area (Å²) < 4.78 is 30.4. The van der Waals surface area contributed by atoms with Crippen LogP contribution in [0.15, 0.2) is 112 Å². The van der Waals surface area contributed by atoms with Gasteiger partial charge in [0.15, 0.2) is 0 Å². The lowest BCUT2D eigenvalue weighted by molar-refractivity contribution is -0.140. The molecule has 1 atom stereocenters. The van der Waals surface area contributed by atoms with Crippen LogP contribution in [0.4, 0.5) is 5.69 Å². The topological polar surface area (TPSA) is 86.8 Å². The first kappa shape index (κ1) is 33.4. The molecule has 4 aromatic carbocycles. The Kier molecular flexibility index (Phi) is 11.0. The monoisotopic (exact) mass is 701 g/mol. The first-order valence-corrected chi connectivity index (χ1v) is 17.9. The Morgan fingerprint density at radius 2 is 1.50 bits per heavy atom. The molecule has 1 aliphatic rings. The SMILES string of the molecule is Cc1ccc(S(=O)(=O)N(CC(=O)N(Cc2cccc(Br)c2)C(Cc2ccccc2)C(=O)NC2CCCC2)c2cccc(C)c2)cc1. The van der Waals surface area contributed by atoms with E-state index in [4.69, 9.17) is 0 Å². The van der Waals surface area contributed by atoms with Gasteiger partial charge in [-0.3, -0.25) is 13.9 Å². The molecule has 240 valence electrons. The average molecular weight is 703 g/mol. The summed E-state index contributed by atoms with van der Waals surface area (Å²) in [7, 11) is -4.14. The molecular formula is C37H40BrN3O4S. The van der Waals surface area contributed by atoms with E-state index >= 15 is 0 Å². The molecule has 9 heteroatoms. The van der Waals surface area contributed by atoms with Gasteiger partial charge in [-0.2, -0.15) is 0 Å². The van der Waals surface area contributed by atoms with Crippen LogP contribution in [0.3, 0.4) is 0 Å². The normalized spacial score (nSPS) is 14.1. The largest absolute Gasteiger partial charge is 0.352 e. The van der Waals surface area contributed by atoms with E-state index in [1.54, 1.807) is 47.4 Å². The average Bonchev–Trinajstić information content (AvgIpc) is 3.55. The maximum absolute atomic E-state index is 14.6. The number of halogens is 1. The third-order valence-electron chi connectivity index (χ3n) is 8.39. The zero-order valence-corrected chi connectivity index (χ0v) is 28.6. The molecule has 1 unspecified atom stereocenters. The van der Waals surface area contributed by atoms with Crippen molar-refractivity contribution in [2.24, 2.45) is 0 Å². The molecule has 0 bridgehead atoms. The Morgan fingerprint density at radius 1 is 0.826 bits per heavy atom. The smallest absolute Gasteiger partial charge is 0.264 e. The van der Waals surface area contributed by atoms with Crippen molar-refractivity contribution in [1.82, 2.24) is 10.2 Å². The fraction of sp³-hybridized carbons (Fsp3) is 0.297. The summed E-state index contributed by atoms with van der Waals surface area (Å²) in [5.41, 5.74) is 3.89. The van der Waals surface area contributed by atoms with Crippen LogP contribution in [0.5, 0.6) is 0 Å². The Morgan fingerprint density at radius 3 is 2.17 bits per heavy atom. The van der Waals surface area contributed by atoms with Gasteiger partial charge in [0.05, 0.1) is 10.6 Å². The first-order valence-electron chi connectivity index (χ1n) is 15.6. The van der Waals surface area contributed by atoms with Gasteiger partial charge in [0.1, 0.15) is 12.6 Å². The number of amides is 2. The predicted molar refractivity (Wildman–Crippen MR) is 186 cm³/mol. The Labute approximate surface area is 280 Å². The van der Waals surface area contributed by atoms with Gasteiger partial charge in [-0.25, -0.2) is 8.42 Å². The number of rotatable bonds is 12. The second-order valence-electron chi connectivity index (χ2n) is 12.0. The molecule has 1 N–H and O–H groups in total. The number of carbonyl (C=O) groups is 2. The molecule has 0 spiro atoms. The molecule has 4 aromatic rings. The van der Waals surface area contributed by atoms with E-state index in [0.717, 1.165) is 56.7 Å². The molecule has 46 heavy (non-hydrogen) atoms. The number of hydrogen-bond acceptors (Lipinski definition) is 4. The second kappa shape index (κ2) is 15.1. The van der Waals surface area contributed by atoms with Crippen LogP contribution >= 0.6 is 15.9 Å². The number of carbonyl (C=O) groups excluding carboxylic acids is 2. The van der Waals surface area contributed by atoms with Crippen LogP contribution < -0.4 is 9.62 Å². The van der Waals surface area contributed by atoms with Gasteiger partial charge in [-0.15, -0.1) is 0 Å². The summed E-state index contributed by atoms with van der Waals surface area (Å²) >= 11 is 3.53. The fourth-order valence-corrected chi connectivity index (χ4v) is 7.76. The number of anilines is 1. The number of sulfonamides is 1. The van der Waals surface area contributed by atoms with E-state index < -0.39 is 28.5 Å². The molecule has 0 heterocycles. The highest BCUT2D eigenvalue weighted by molar-refractivity contribution is 9.10. The summed E-state index contributed by atoms with van der Waals surface area (Å²) in [6, 6.07) is 30.1. The van der Waals surface area contributed by atoms with E-state index in [2.05, 4.69) is 21.2 Å². The van der Waals surface area contributed by atoms with E-state index in [1.165, 1.54) is 0 Å². The summed E-state index contributed by atoms with van der Waals surface area (Å²) in [4.78, 5) is 30.4.